The molecular weight excluding hydrogens is 228 g/mol. The number of nitrogens with one attached hydrogen (secondary N) is 1. The van der Waals surface area contributed by atoms with Crippen LogP contribution in [0.4, 0.5) is 11.5 Å². The molecule has 92 valence electrons. The van der Waals surface area contributed by atoms with E-state index in [1.165, 1.54) is 0 Å². The summed E-state index contributed by atoms with van der Waals surface area (Å²) in [6, 6.07) is 10.9. The van der Waals surface area contributed by atoms with Gasteiger partial charge in [0.15, 0.2) is 0 Å². The van der Waals surface area contributed by atoms with Crippen molar-refractivity contribution in [3.63, 3.8) is 0 Å². The fourth-order valence-electron chi connectivity index (χ4n) is 1.65. The molecule has 0 bridgehead atoms. The van der Waals surface area contributed by atoms with Crippen molar-refractivity contribution in [3.05, 3.63) is 53.7 Å². The highest BCUT2D eigenvalue weighted by Gasteiger charge is 2.09. The number of pyridine rings is 1. The third-order valence-corrected chi connectivity index (χ3v) is 2.56. The molecular formula is C13H14N4O. The van der Waals surface area contributed by atoms with Gasteiger partial charge in [0, 0.05) is 18.4 Å². The number of hydrogen-bond acceptors (Lipinski definition) is 4. The van der Waals surface area contributed by atoms with Crippen LogP contribution in [0.3, 0.4) is 0 Å². The monoisotopic (exact) mass is 242 g/mol. The number of carbonyl (C=O) groups excluding carboxylic acids is 1. The molecule has 0 unspecified atom stereocenters. The smallest absolute Gasteiger partial charge is 0.252 e. The molecule has 0 fully saturated rings. The maximum Gasteiger partial charge on any atom is 0.252 e. The molecule has 0 aliphatic heterocycles. The second kappa shape index (κ2) is 5.29. The minimum atomic E-state index is -0.518. The zero-order chi connectivity index (χ0) is 13.0. The van der Waals surface area contributed by atoms with Crippen molar-refractivity contribution in [2.45, 2.75) is 6.54 Å². The highest BCUT2D eigenvalue weighted by atomic mass is 16.1. The van der Waals surface area contributed by atoms with Crippen LogP contribution in [0.2, 0.25) is 0 Å². The zero-order valence-electron chi connectivity index (χ0n) is 9.76. The summed E-state index contributed by atoms with van der Waals surface area (Å²) in [5.74, 6) is -0.0817. The summed E-state index contributed by atoms with van der Waals surface area (Å²) >= 11 is 0. The van der Waals surface area contributed by atoms with E-state index in [4.69, 9.17) is 11.5 Å². The van der Waals surface area contributed by atoms with Crippen molar-refractivity contribution in [1.29, 1.82) is 0 Å². The van der Waals surface area contributed by atoms with Crippen LogP contribution in [-0.4, -0.2) is 10.9 Å². The lowest BCUT2D eigenvalue weighted by Crippen LogP contribution is -2.14. The molecule has 1 heterocycles. The molecule has 1 amide bonds. The lowest BCUT2D eigenvalue weighted by molar-refractivity contribution is 0.100. The predicted octanol–water partition coefficient (Wildman–Crippen LogP) is 1.38. The third kappa shape index (κ3) is 2.46. The van der Waals surface area contributed by atoms with Gasteiger partial charge in [0.25, 0.3) is 5.91 Å². The summed E-state index contributed by atoms with van der Waals surface area (Å²) in [5, 5.41) is 3.08. The summed E-state index contributed by atoms with van der Waals surface area (Å²) in [4.78, 5) is 15.4. The number of rotatable bonds is 4. The zero-order valence-corrected chi connectivity index (χ0v) is 9.76. The number of aromatic nitrogens is 1. The number of anilines is 2. The van der Waals surface area contributed by atoms with Gasteiger partial charge in [-0.15, -0.1) is 0 Å². The van der Waals surface area contributed by atoms with Crippen LogP contribution >= 0.6 is 0 Å². The summed E-state index contributed by atoms with van der Waals surface area (Å²) < 4.78 is 0. The first-order valence-corrected chi connectivity index (χ1v) is 5.52. The molecule has 0 saturated heterocycles. The van der Waals surface area contributed by atoms with Crippen LogP contribution in [0.1, 0.15) is 15.9 Å². The number of carbonyl (C=O) groups is 1. The quantitative estimate of drug-likeness (QED) is 0.755. The van der Waals surface area contributed by atoms with E-state index in [1.54, 1.807) is 18.3 Å². The average molecular weight is 242 g/mol. The number of para-hydroxylation sites is 1. The minimum Gasteiger partial charge on any atom is -0.365 e. The number of nitrogens with zero attached hydrogens (tertiary/aromatic N) is 1. The van der Waals surface area contributed by atoms with Crippen molar-refractivity contribution < 1.29 is 4.79 Å². The maximum absolute atomic E-state index is 11.3. The van der Waals surface area contributed by atoms with E-state index in [0.717, 1.165) is 11.3 Å². The molecule has 0 spiro atoms. The number of nitrogens with two attached hydrogens (primary N) is 2. The van der Waals surface area contributed by atoms with Crippen LogP contribution in [0, 0.1) is 0 Å². The van der Waals surface area contributed by atoms with E-state index in [2.05, 4.69) is 10.3 Å². The molecule has 5 N–H and O–H groups in total. The number of benzene rings is 1. The standard InChI is InChI=1S/C13H14N4O/c14-8-9-4-1-2-6-11(9)17-13-10(12(15)18)5-3-7-16-13/h1-7H,8,14H2,(H2,15,18)(H,16,17). The van der Waals surface area contributed by atoms with Crippen LogP contribution < -0.4 is 16.8 Å². The summed E-state index contributed by atoms with van der Waals surface area (Å²) in [6.45, 7) is 0.405. The van der Waals surface area contributed by atoms with E-state index in [-0.39, 0.29) is 0 Å². The molecule has 5 heteroatoms. The van der Waals surface area contributed by atoms with Crippen LogP contribution in [0.25, 0.3) is 0 Å². The van der Waals surface area contributed by atoms with Crippen LogP contribution in [0.5, 0.6) is 0 Å². The highest BCUT2D eigenvalue weighted by molar-refractivity contribution is 5.98. The molecule has 1 aromatic heterocycles. The van der Waals surface area contributed by atoms with Gasteiger partial charge in [-0.3, -0.25) is 4.79 Å². The van der Waals surface area contributed by atoms with E-state index < -0.39 is 5.91 Å². The topological polar surface area (TPSA) is 94.0 Å². The van der Waals surface area contributed by atoms with Gasteiger partial charge in [-0.2, -0.15) is 0 Å². The first-order chi connectivity index (χ1) is 8.72. The minimum absolute atomic E-state index is 0.351. The van der Waals surface area contributed by atoms with Gasteiger partial charge < -0.3 is 16.8 Å². The lowest BCUT2D eigenvalue weighted by atomic mass is 10.1. The molecule has 0 saturated carbocycles. The Labute approximate surface area is 105 Å². The number of amides is 1. The molecule has 0 aliphatic carbocycles. The van der Waals surface area contributed by atoms with Gasteiger partial charge in [-0.25, -0.2) is 4.98 Å². The lowest BCUT2D eigenvalue weighted by Gasteiger charge is -2.11. The van der Waals surface area contributed by atoms with Crippen LogP contribution in [-0.2, 0) is 6.54 Å². The highest BCUT2D eigenvalue weighted by Crippen LogP contribution is 2.21. The van der Waals surface area contributed by atoms with Crippen molar-refractivity contribution in [2.24, 2.45) is 11.5 Å². The van der Waals surface area contributed by atoms with Crippen molar-refractivity contribution >= 4 is 17.4 Å². The number of hydrogen-bond donors (Lipinski definition) is 3. The van der Waals surface area contributed by atoms with Gasteiger partial charge in [0.1, 0.15) is 5.82 Å². The summed E-state index contributed by atoms with van der Waals surface area (Å²) in [7, 11) is 0. The maximum atomic E-state index is 11.3. The number of primary amides is 1. The molecule has 18 heavy (non-hydrogen) atoms. The fraction of sp³-hybridized carbons (Fsp3) is 0.0769. The predicted molar refractivity (Wildman–Crippen MR) is 70.4 cm³/mol. The summed E-state index contributed by atoms with van der Waals surface area (Å²) in [6.07, 6.45) is 1.60. The Balaban J connectivity index is 2.37. The van der Waals surface area contributed by atoms with Crippen LogP contribution in [0.15, 0.2) is 42.6 Å². The SMILES string of the molecule is NCc1ccccc1Nc1ncccc1C(N)=O. The third-order valence-electron chi connectivity index (χ3n) is 2.56. The first kappa shape index (κ1) is 12.1. The Morgan fingerprint density at radius 1 is 1.22 bits per heavy atom. The molecule has 0 atom stereocenters. The van der Waals surface area contributed by atoms with Crippen molar-refractivity contribution in [1.82, 2.24) is 4.98 Å². The normalized spacial score (nSPS) is 10.1. The molecule has 5 nitrogen and oxygen atoms in total. The van der Waals surface area contributed by atoms with E-state index in [0.29, 0.717) is 17.9 Å². The second-order valence-electron chi connectivity index (χ2n) is 3.75. The molecule has 2 rings (SSSR count). The largest absolute Gasteiger partial charge is 0.365 e. The van der Waals surface area contributed by atoms with E-state index in [1.807, 2.05) is 24.3 Å². The molecule has 0 radical (unpaired) electrons. The Kier molecular flexibility index (Phi) is 3.54. The van der Waals surface area contributed by atoms with E-state index >= 15 is 0 Å². The van der Waals surface area contributed by atoms with Crippen molar-refractivity contribution in [2.75, 3.05) is 5.32 Å². The van der Waals surface area contributed by atoms with E-state index in [9.17, 15) is 4.79 Å². The molecule has 0 aliphatic rings. The van der Waals surface area contributed by atoms with Gasteiger partial charge in [0.05, 0.1) is 5.56 Å². The first-order valence-electron chi connectivity index (χ1n) is 5.52. The Morgan fingerprint density at radius 3 is 2.72 bits per heavy atom. The van der Waals surface area contributed by atoms with Gasteiger partial charge in [0.2, 0.25) is 0 Å². The van der Waals surface area contributed by atoms with Gasteiger partial charge in [-0.1, -0.05) is 18.2 Å². The fourth-order valence-corrected chi connectivity index (χ4v) is 1.65. The van der Waals surface area contributed by atoms with Gasteiger partial charge >= 0.3 is 0 Å². The van der Waals surface area contributed by atoms with Gasteiger partial charge in [-0.05, 0) is 23.8 Å². The Bertz CT molecular complexity index is 568. The average Bonchev–Trinajstić information content (AvgIpc) is 2.40. The summed E-state index contributed by atoms with van der Waals surface area (Å²) in [5.41, 5.74) is 13.1. The second-order valence-corrected chi connectivity index (χ2v) is 3.75. The molecule has 1 aromatic carbocycles. The van der Waals surface area contributed by atoms with Crippen molar-refractivity contribution in [3.8, 4) is 0 Å². The molecule has 2 aromatic rings. The Morgan fingerprint density at radius 2 is 2.00 bits per heavy atom. The Hall–Kier alpha value is -2.40.